The van der Waals surface area contributed by atoms with Crippen LogP contribution in [0.5, 0.6) is 0 Å². The second-order valence-electron chi connectivity index (χ2n) is 5.79. The molecule has 0 aromatic heterocycles. The van der Waals surface area contributed by atoms with E-state index in [1.807, 2.05) is 38.1 Å². The summed E-state index contributed by atoms with van der Waals surface area (Å²) in [5, 5.41) is 9.27. The van der Waals surface area contributed by atoms with E-state index in [0.29, 0.717) is 13.1 Å². The summed E-state index contributed by atoms with van der Waals surface area (Å²) in [4.78, 5) is 14.0. The minimum Gasteiger partial charge on any atom is -0.394 e. The van der Waals surface area contributed by atoms with Crippen LogP contribution >= 0.6 is 15.9 Å². The highest BCUT2D eigenvalue weighted by atomic mass is 79.9. The minimum atomic E-state index is -0.438. The largest absolute Gasteiger partial charge is 0.394 e. The molecule has 1 aromatic rings. The summed E-state index contributed by atoms with van der Waals surface area (Å²) >= 11 is 3.38. The zero-order valence-corrected chi connectivity index (χ0v) is 13.8. The van der Waals surface area contributed by atoms with Crippen molar-refractivity contribution in [2.45, 2.75) is 25.6 Å². The molecule has 1 N–H and O–H groups in total. The van der Waals surface area contributed by atoms with Gasteiger partial charge in [0.25, 0.3) is 0 Å². The Bertz CT molecular complexity index is 525. The van der Waals surface area contributed by atoms with Crippen LogP contribution in [-0.2, 0) is 9.53 Å². The minimum absolute atomic E-state index is 0.0623. The molecule has 1 unspecified atom stereocenters. The Balaban J connectivity index is 2.03. The summed E-state index contributed by atoms with van der Waals surface area (Å²) < 4.78 is 6.71. The van der Waals surface area contributed by atoms with Crippen molar-refractivity contribution in [1.82, 2.24) is 4.90 Å². The van der Waals surface area contributed by atoms with Crippen LogP contribution in [0.15, 0.2) is 34.8 Å². The van der Waals surface area contributed by atoms with Gasteiger partial charge in [-0.3, -0.25) is 4.79 Å². The van der Waals surface area contributed by atoms with E-state index in [2.05, 4.69) is 15.9 Å². The molecular formula is C16H20BrNO3. The SMILES string of the molecule is CC1(C)CN(C(=O)/C=C/c2ccc(Br)cc2)CC(CO)O1. The highest BCUT2D eigenvalue weighted by Crippen LogP contribution is 2.21. The fourth-order valence-corrected chi connectivity index (χ4v) is 2.67. The number of benzene rings is 1. The standard InChI is InChI=1S/C16H20BrNO3/c1-16(2)11-18(9-14(10-19)21-16)15(20)8-5-12-3-6-13(17)7-4-12/h3-8,14,19H,9-11H2,1-2H3/b8-5+. The molecule has 5 heteroatoms. The number of amides is 1. The Morgan fingerprint density at radius 2 is 2.14 bits per heavy atom. The van der Waals surface area contributed by atoms with Crippen molar-refractivity contribution < 1.29 is 14.6 Å². The maximum absolute atomic E-state index is 12.3. The zero-order valence-electron chi connectivity index (χ0n) is 12.3. The van der Waals surface area contributed by atoms with E-state index in [1.54, 1.807) is 17.1 Å². The molecule has 1 fully saturated rings. The third kappa shape index (κ3) is 4.66. The molecule has 1 aliphatic heterocycles. The number of aliphatic hydroxyl groups excluding tert-OH is 1. The molecule has 1 aliphatic rings. The first-order valence-corrected chi connectivity index (χ1v) is 7.70. The Labute approximate surface area is 133 Å². The number of aliphatic hydroxyl groups is 1. The fourth-order valence-electron chi connectivity index (χ4n) is 2.41. The summed E-state index contributed by atoms with van der Waals surface area (Å²) in [6.07, 6.45) is 3.04. The summed E-state index contributed by atoms with van der Waals surface area (Å²) in [6, 6.07) is 7.74. The normalized spacial score (nSPS) is 21.7. The van der Waals surface area contributed by atoms with Gasteiger partial charge in [-0.15, -0.1) is 0 Å². The number of carbonyl (C=O) groups excluding carboxylic acids is 1. The number of carbonyl (C=O) groups is 1. The Morgan fingerprint density at radius 3 is 2.76 bits per heavy atom. The van der Waals surface area contributed by atoms with Crippen molar-refractivity contribution in [2.75, 3.05) is 19.7 Å². The van der Waals surface area contributed by atoms with Gasteiger partial charge in [0.2, 0.25) is 5.91 Å². The molecule has 1 atom stereocenters. The molecule has 114 valence electrons. The zero-order chi connectivity index (χ0) is 15.5. The van der Waals surface area contributed by atoms with Gasteiger partial charge in [0.15, 0.2) is 0 Å². The molecule has 1 saturated heterocycles. The van der Waals surface area contributed by atoms with Crippen LogP contribution in [0.1, 0.15) is 19.4 Å². The van der Waals surface area contributed by atoms with Crippen LogP contribution in [0.2, 0.25) is 0 Å². The van der Waals surface area contributed by atoms with Gasteiger partial charge in [-0.2, -0.15) is 0 Å². The number of nitrogens with zero attached hydrogens (tertiary/aromatic N) is 1. The van der Waals surface area contributed by atoms with Crippen LogP contribution in [0, 0.1) is 0 Å². The van der Waals surface area contributed by atoms with Gasteiger partial charge in [-0.05, 0) is 37.6 Å². The predicted molar refractivity (Wildman–Crippen MR) is 85.8 cm³/mol. The lowest BCUT2D eigenvalue weighted by Gasteiger charge is -2.41. The molecule has 0 radical (unpaired) electrons. The summed E-state index contributed by atoms with van der Waals surface area (Å²) in [6.45, 7) is 4.71. The quantitative estimate of drug-likeness (QED) is 0.849. The van der Waals surface area contributed by atoms with Crippen LogP contribution in [0.3, 0.4) is 0 Å². The van der Waals surface area contributed by atoms with E-state index in [9.17, 15) is 9.90 Å². The second-order valence-corrected chi connectivity index (χ2v) is 6.70. The van der Waals surface area contributed by atoms with E-state index >= 15 is 0 Å². The van der Waals surface area contributed by atoms with Crippen molar-refractivity contribution in [3.63, 3.8) is 0 Å². The van der Waals surface area contributed by atoms with Crippen molar-refractivity contribution in [3.05, 3.63) is 40.4 Å². The Morgan fingerprint density at radius 1 is 1.48 bits per heavy atom. The molecule has 2 rings (SSSR count). The fraction of sp³-hybridized carbons (Fsp3) is 0.438. The van der Waals surface area contributed by atoms with Crippen molar-refractivity contribution in [3.8, 4) is 0 Å². The molecule has 1 aromatic carbocycles. The number of morpholine rings is 1. The first-order chi connectivity index (χ1) is 9.89. The van der Waals surface area contributed by atoms with Gasteiger partial charge >= 0.3 is 0 Å². The van der Waals surface area contributed by atoms with E-state index in [4.69, 9.17) is 4.74 Å². The summed E-state index contributed by atoms with van der Waals surface area (Å²) in [7, 11) is 0. The van der Waals surface area contributed by atoms with E-state index in [0.717, 1.165) is 10.0 Å². The van der Waals surface area contributed by atoms with E-state index in [-0.39, 0.29) is 18.6 Å². The number of hydrogen-bond donors (Lipinski definition) is 1. The van der Waals surface area contributed by atoms with Gasteiger partial charge in [0, 0.05) is 23.6 Å². The molecule has 0 aliphatic carbocycles. The van der Waals surface area contributed by atoms with Gasteiger partial charge in [-0.25, -0.2) is 0 Å². The maximum atomic E-state index is 12.3. The number of halogens is 1. The maximum Gasteiger partial charge on any atom is 0.246 e. The molecule has 0 bridgehead atoms. The molecule has 1 amide bonds. The van der Waals surface area contributed by atoms with Crippen molar-refractivity contribution in [2.24, 2.45) is 0 Å². The summed E-state index contributed by atoms with van der Waals surface area (Å²) in [5.41, 5.74) is 0.532. The first-order valence-electron chi connectivity index (χ1n) is 6.91. The molecule has 0 spiro atoms. The topological polar surface area (TPSA) is 49.8 Å². The highest BCUT2D eigenvalue weighted by Gasteiger charge is 2.34. The Kier molecular flexibility index (Phi) is 5.19. The van der Waals surface area contributed by atoms with Gasteiger partial charge < -0.3 is 14.7 Å². The van der Waals surface area contributed by atoms with Crippen molar-refractivity contribution in [1.29, 1.82) is 0 Å². The van der Waals surface area contributed by atoms with E-state index in [1.165, 1.54) is 0 Å². The van der Waals surface area contributed by atoms with Crippen LogP contribution in [0.25, 0.3) is 6.08 Å². The average molecular weight is 354 g/mol. The van der Waals surface area contributed by atoms with Gasteiger partial charge in [-0.1, -0.05) is 28.1 Å². The molecule has 4 nitrogen and oxygen atoms in total. The van der Waals surface area contributed by atoms with E-state index < -0.39 is 5.60 Å². The number of ether oxygens (including phenoxy) is 1. The molecular weight excluding hydrogens is 334 g/mol. The first kappa shape index (κ1) is 16.2. The smallest absolute Gasteiger partial charge is 0.246 e. The third-order valence-electron chi connectivity index (χ3n) is 3.29. The van der Waals surface area contributed by atoms with Crippen LogP contribution < -0.4 is 0 Å². The van der Waals surface area contributed by atoms with Crippen molar-refractivity contribution >= 4 is 27.9 Å². The average Bonchev–Trinajstić information content (AvgIpc) is 2.44. The van der Waals surface area contributed by atoms with Crippen LogP contribution in [0.4, 0.5) is 0 Å². The third-order valence-corrected chi connectivity index (χ3v) is 3.81. The van der Waals surface area contributed by atoms with Gasteiger partial charge in [0.1, 0.15) is 0 Å². The monoisotopic (exact) mass is 353 g/mol. The lowest BCUT2D eigenvalue weighted by Crippen LogP contribution is -2.55. The number of hydrogen-bond acceptors (Lipinski definition) is 3. The summed E-state index contributed by atoms with van der Waals surface area (Å²) in [5.74, 6) is -0.0623. The molecule has 0 saturated carbocycles. The Hall–Kier alpha value is -1.17. The lowest BCUT2D eigenvalue weighted by molar-refractivity contribution is -0.163. The highest BCUT2D eigenvalue weighted by molar-refractivity contribution is 9.10. The van der Waals surface area contributed by atoms with Crippen LogP contribution in [-0.4, -0.2) is 47.3 Å². The van der Waals surface area contributed by atoms with Gasteiger partial charge in [0.05, 0.1) is 18.3 Å². The predicted octanol–water partition coefficient (Wildman–Crippen LogP) is 2.46. The second kappa shape index (κ2) is 6.73. The lowest BCUT2D eigenvalue weighted by atomic mass is 10.1. The number of rotatable bonds is 3. The molecule has 21 heavy (non-hydrogen) atoms. The molecule has 1 heterocycles.